The van der Waals surface area contributed by atoms with Crippen molar-refractivity contribution in [3.8, 4) is 5.75 Å². The first-order valence-electron chi connectivity index (χ1n) is 3.32. The Hall–Kier alpha value is -1.35. The lowest BCUT2D eigenvalue weighted by molar-refractivity contribution is 0.476. The van der Waals surface area contributed by atoms with Crippen molar-refractivity contribution in [1.82, 2.24) is 4.40 Å². The van der Waals surface area contributed by atoms with Gasteiger partial charge in [0.25, 0.3) is 0 Å². The molecule has 0 aliphatic carbocycles. The van der Waals surface area contributed by atoms with E-state index in [4.69, 9.17) is 10.8 Å². The number of nitrogens with two attached hydrogens (primary N) is 1. The molecular weight excluding hydrogens is 176 g/mol. The summed E-state index contributed by atoms with van der Waals surface area (Å²) in [4.78, 5) is 0. The van der Waals surface area contributed by atoms with E-state index in [9.17, 15) is 0 Å². The standard InChI is InChI=1S/C8H8N2O.ClH/c9-7-2-1-3-10-5-6(11)4-8(7)10;/h1-5,11H,9H2;1H. The van der Waals surface area contributed by atoms with Crippen LogP contribution < -0.4 is 5.73 Å². The first kappa shape index (κ1) is 8.74. The zero-order valence-electron chi connectivity index (χ0n) is 6.27. The minimum atomic E-state index is 0. The maximum absolute atomic E-state index is 9.10. The monoisotopic (exact) mass is 184 g/mol. The van der Waals surface area contributed by atoms with Gasteiger partial charge < -0.3 is 15.2 Å². The number of nitrogen functional groups attached to an aromatic ring is 1. The molecule has 0 saturated carbocycles. The molecule has 0 unspecified atom stereocenters. The van der Waals surface area contributed by atoms with Crippen LogP contribution in [0.25, 0.3) is 5.52 Å². The fourth-order valence-electron chi connectivity index (χ4n) is 1.14. The number of nitrogens with zero attached hydrogens (tertiary/aromatic N) is 1. The molecular formula is C8H9ClN2O. The number of hydrogen-bond donors (Lipinski definition) is 2. The summed E-state index contributed by atoms with van der Waals surface area (Å²) in [6.07, 6.45) is 3.46. The second kappa shape index (κ2) is 2.95. The highest BCUT2D eigenvalue weighted by molar-refractivity contribution is 5.85. The molecule has 0 atom stereocenters. The average molecular weight is 185 g/mol. The quantitative estimate of drug-likeness (QED) is 0.654. The van der Waals surface area contributed by atoms with Crippen LogP contribution in [0.2, 0.25) is 0 Å². The maximum Gasteiger partial charge on any atom is 0.134 e. The minimum Gasteiger partial charge on any atom is -0.506 e. The Bertz CT molecular complexity index is 397. The van der Waals surface area contributed by atoms with Crippen LogP contribution in [-0.2, 0) is 0 Å². The summed E-state index contributed by atoms with van der Waals surface area (Å²) in [5.41, 5.74) is 7.15. The van der Waals surface area contributed by atoms with Crippen LogP contribution in [0.5, 0.6) is 5.75 Å². The van der Waals surface area contributed by atoms with E-state index in [0.29, 0.717) is 5.69 Å². The van der Waals surface area contributed by atoms with E-state index in [1.54, 1.807) is 22.7 Å². The Morgan fingerprint density at radius 2 is 2.17 bits per heavy atom. The molecule has 3 nitrogen and oxygen atoms in total. The number of fused-ring (bicyclic) bond motifs is 1. The molecule has 2 aromatic heterocycles. The molecule has 0 fully saturated rings. The van der Waals surface area contributed by atoms with Crippen LogP contribution in [-0.4, -0.2) is 9.51 Å². The Morgan fingerprint density at radius 1 is 1.42 bits per heavy atom. The number of aromatic nitrogens is 1. The largest absolute Gasteiger partial charge is 0.506 e. The summed E-state index contributed by atoms with van der Waals surface area (Å²) >= 11 is 0. The summed E-state index contributed by atoms with van der Waals surface area (Å²) in [6, 6.07) is 5.27. The van der Waals surface area contributed by atoms with Crippen molar-refractivity contribution < 1.29 is 5.11 Å². The van der Waals surface area contributed by atoms with Crippen molar-refractivity contribution in [3.05, 3.63) is 30.6 Å². The highest BCUT2D eigenvalue weighted by Crippen LogP contribution is 2.19. The maximum atomic E-state index is 9.10. The fourth-order valence-corrected chi connectivity index (χ4v) is 1.14. The Balaban J connectivity index is 0.000000720. The van der Waals surface area contributed by atoms with Crippen LogP contribution in [0, 0.1) is 0 Å². The topological polar surface area (TPSA) is 50.7 Å². The molecule has 2 heterocycles. The van der Waals surface area contributed by atoms with Crippen molar-refractivity contribution in [2.75, 3.05) is 5.73 Å². The lowest BCUT2D eigenvalue weighted by atomic mass is 10.3. The first-order chi connectivity index (χ1) is 5.27. The van der Waals surface area contributed by atoms with Crippen LogP contribution in [0.1, 0.15) is 0 Å². The molecule has 3 N–H and O–H groups in total. The third kappa shape index (κ3) is 1.19. The highest BCUT2D eigenvalue weighted by atomic mass is 35.5. The van der Waals surface area contributed by atoms with Gasteiger partial charge in [0.2, 0.25) is 0 Å². The van der Waals surface area contributed by atoms with E-state index in [1.165, 1.54) is 0 Å². The van der Waals surface area contributed by atoms with Gasteiger partial charge in [-0.2, -0.15) is 0 Å². The molecule has 12 heavy (non-hydrogen) atoms. The van der Waals surface area contributed by atoms with Gasteiger partial charge in [-0.25, -0.2) is 0 Å². The molecule has 2 rings (SSSR count). The van der Waals surface area contributed by atoms with Crippen LogP contribution in [0.4, 0.5) is 5.69 Å². The molecule has 0 radical (unpaired) electrons. The molecule has 64 valence electrons. The van der Waals surface area contributed by atoms with E-state index >= 15 is 0 Å². The van der Waals surface area contributed by atoms with Crippen molar-refractivity contribution in [2.24, 2.45) is 0 Å². The number of hydrogen-bond acceptors (Lipinski definition) is 2. The second-order valence-corrected chi connectivity index (χ2v) is 2.45. The molecule has 0 spiro atoms. The van der Waals surface area contributed by atoms with Crippen LogP contribution in [0.3, 0.4) is 0 Å². The van der Waals surface area contributed by atoms with Gasteiger partial charge in [0.05, 0.1) is 17.4 Å². The van der Waals surface area contributed by atoms with Gasteiger partial charge in [-0.1, -0.05) is 0 Å². The van der Waals surface area contributed by atoms with Crippen molar-refractivity contribution in [3.63, 3.8) is 0 Å². The number of anilines is 1. The van der Waals surface area contributed by atoms with Gasteiger partial charge in [-0.3, -0.25) is 0 Å². The Kier molecular flexibility index (Phi) is 2.15. The summed E-state index contributed by atoms with van der Waals surface area (Å²) in [7, 11) is 0. The highest BCUT2D eigenvalue weighted by Gasteiger charge is 1.98. The molecule has 2 aromatic rings. The third-order valence-electron chi connectivity index (χ3n) is 1.65. The number of halogens is 1. The molecule has 0 aromatic carbocycles. The van der Waals surface area contributed by atoms with Gasteiger partial charge in [-0.05, 0) is 12.1 Å². The van der Waals surface area contributed by atoms with Gasteiger partial charge in [0.15, 0.2) is 0 Å². The van der Waals surface area contributed by atoms with E-state index in [-0.39, 0.29) is 18.2 Å². The SMILES string of the molecule is Cl.Nc1cccn2cc(O)cc12. The molecule has 0 aliphatic heterocycles. The summed E-state index contributed by atoms with van der Waals surface area (Å²) < 4.78 is 1.78. The molecule has 0 aliphatic rings. The lowest BCUT2D eigenvalue weighted by Gasteiger charge is -1.95. The predicted molar refractivity (Wildman–Crippen MR) is 50.7 cm³/mol. The number of aromatic hydroxyl groups is 1. The van der Waals surface area contributed by atoms with Gasteiger partial charge in [0.1, 0.15) is 5.75 Å². The Morgan fingerprint density at radius 3 is 2.83 bits per heavy atom. The predicted octanol–water partition coefficient (Wildman–Crippen LogP) is 1.65. The lowest BCUT2D eigenvalue weighted by Crippen LogP contribution is -1.88. The van der Waals surface area contributed by atoms with Crippen LogP contribution >= 0.6 is 12.4 Å². The van der Waals surface area contributed by atoms with E-state index in [2.05, 4.69) is 0 Å². The minimum absolute atomic E-state index is 0. The fraction of sp³-hybridized carbons (Fsp3) is 0. The smallest absolute Gasteiger partial charge is 0.134 e. The summed E-state index contributed by atoms with van der Waals surface area (Å²) in [5, 5.41) is 9.10. The van der Waals surface area contributed by atoms with Gasteiger partial charge in [0, 0.05) is 12.3 Å². The summed E-state index contributed by atoms with van der Waals surface area (Å²) in [5.74, 6) is 0.239. The van der Waals surface area contributed by atoms with E-state index < -0.39 is 0 Å². The zero-order valence-corrected chi connectivity index (χ0v) is 7.08. The van der Waals surface area contributed by atoms with Crippen molar-refractivity contribution in [1.29, 1.82) is 0 Å². The van der Waals surface area contributed by atoms with Crippen LogP contribution in [0.15, 0.2) is 30.6 Å². The van der Waals surface area contributed by atoms with Crippen molar-refractivity contribution >= 4 is 23.6 Å². The van der Waals surface area contributed by atoms with E-state index in [1.807, 2.05) is 12.3 Å². The van der Waals surface area contributed by atoms with Gasteiger partial charge >= 0.3 is 0 Å². The number of rotatable bonds is 0. The third-order valence-corrected chi connectivity index (χ3v) is 1.65. The molecule has 0 amide bonds. The van der Waals surface area contributed by atoms with Crippen molar-refractivity contribution in [2.45, 2.75) is 0 Å². The molecule has 0 saturated heterocycles. The normalized spacial score (nSPS) is 9.67. The van der Waals surface area contributed by atoms with Gasteiger partial charge in [-0.15, -0.1) is 12.4 Å². The zero-order chi connectivity index (χ0) is 7.84. The number of pyridine rings is 1. The average Bonchev–Trinajstić information content (AvgIpc) is 2.31. The Labute approximate surface area is 75.8 Å². The molecule has 4 heteroatoms. The second-order valence-electron chi connectivity index (χ2n) is 2.45. The molecule has 0 bridgehead atoms. The van der Waals surface area contributed by atoms with E-state index in [0.717, 1.165) is 5.52 Å². The first-order valence-corrected chi connectivity index (χ1v) is 3.32. The summed E-state index contributed by atoms with van der Waals surface area (Å²) in [6.45, 7) is 0.